The first-order chi connectivity index (χ1) is 18.0. The summed E-state index contributed by atoms with van der Waals surface area (Å²) in [6.07, 6.45) is 5.68. The van der Waals surface area contributed by atoms with Crippen molar-refractivity contribution in [3.05, 3.63) is 0 Å². The van der Waals surface area contributed by atoms with Gasteiger partial charge in [0.2, 0.25) is 0 Å². The second kappa shape index (κ2) is 14.8. The maximum Gasteiger partial charge on any atom is 0.407 e. The van der Waals surface area contributed by atoms with Crippen molar-refractivity contribution in [2.45, 2.75) is 109 Å². The summed E-state index contributed by atoms with van der Waals surface area (Å²) in [5.74, 6) is -1.79. The number of carbonyl (C=O) groups is 2. The molecule has 0 spiro atoms. The van der Waals surface area contributed by atoms with Crippen LogP contribution < -0.4 is 45.0 Å². The average Bonchev–Trinajstić information content (AvgIpc) is 2.77. The number of nitrogens with one attached hydrogen (secondary N) is 2. The molecule has 0 bridgehead atoms. The molecule has 2 fully saturated rings. The fraction of sp³-hybridized carbons (Fsp3) is 0.926. The van der Waals surface area contributed by atoms with Crippen molar-refractivity contribution < 1.29 is 19.1 Å². The molecule has 6 unspecified atom stereocenters. The molecule has 228 valence electrons. The van der Waals surface area contributed by atoms with E-state index in [4.69, 9.17) is 43.9 Å². The van der Waals surface area contributed by atoms with Gasteiger partial charge in [0, 0.05) is 23.9 Å². The minimum absolute atomic E-state index is 0.155. The summed E-state index contributed by atoms with van der Waals surface area (Å²) in [6, 6.07) is -0.311. The third-order valence-electron chi connectivity index (χ3n) is 8.19. The summed E-state index contributed by atoms with van der Waals surface area (Å²) in [5, 5.41) is 5.99. The standard InChI is InChI=1S/C27H56N8O4/c1-16(2)5-7-38-24(36)34-22-12-18(10-20(14-22)26(28,29)30)9-19-11-21(27(31,32)33)15-23(13-19)35-25(37)39-8-6-17(3)4/h16-23H,5-15,28-33H2,1-4H3,(H,34,36)(H,35,37). The number of amides is 2. The maximum atomic E-state index is 12.4. The summed E-state index contributed by atoms with van der Waals surface area (Å²) in [7, 11) is 0. The van der Waals surface area contributed by atoms with E-state index in [0.717, 1.165) is 44.9 Å². The zero-order chi connectivity index (χ0) is 29.4. The highest BCUT2D eigenvalue weighted by atomic mass is 16.6. The van der Waals surface area contributed by atoms with Gasteiger partial charge in [-0.3, -0.25) is 0 Å². The van der Waals surface area contributed by atoms with Crippen molar-refractivity contribution in [3.63, 3.8) is 0 Å². The van der Waals surface area contributed by atoms with Gasteiger partial charge in [-0.1, -0.05) is 27.7 Å². The van der Waals surface area contributed by atoms with E-state index in [1.807, 2.05) is 0 Å². The van der Waals surface area contributed by atoms with Gasteiger partial charge in [-0.2, -0.15) is 0 Å². The Bertz CT molecular complexity index is 706. The van der Waals surface area contributed by atoms with E-state index < -0.39 is 23.8 Å². The number of hydrogen-bond donors (Lipinski definition) is 8. The molecule has 0 aliphatic heterocycles. The van der Waals surface area contributed by atoms with Gasteiger partial charge in [-0.05, 0) is 81.5 Å². The Balaban J connectivity index is 2.04. The number of hydrogen-bond acceptors (Lipinski definition) is 10. The largest absolute Gasteiger partial charge is 0.450 e. The van der Waals surface area contributed by atoms with Crippen LogP contribution in [0, 0.1) is 35.5 Å². The van der Waals surface area contributed by atoms with E-state index in [-0.39, 0.29) is 35.8 Å². The summed E-state index contributed by atoms with van der Waals surface area (Å²) >= 11 is 0. The zero-order valence-corrected chi connectivity index (χ0v) is 24.5. The van der Waals surface area contributed by atoms with Crippen LogP contribution >= 0.6 is 0 Å². The van der Waals surface area contributed by atoms with E-state index in [1.54, 1.807) is 0 Å². The summed E-state index contributed by atoms with van der Waals surface area (Å²) in [5.41, 5.74) is 36.8. The second-order valence-electron chi connectivity index (χ2n) is 13.1. The number of alkyl carbamates (subject to hydrolysis) is 2. The fourth-order valence-electron chi connectivity index (χ4n) is 5.97. The molecule has 14 N–H and O–H groups in total. The first-order valence-corrected chi connectivity index (χ1v) is 14.6. The Morgan fingerprint density at radius 1 is 0.667 bits per heavy atom. The van der Waals surface area contributed by atoms with E-state index in [1.165, 1.54) is 0 Å². The van der Waals surface area contributed by atoms with E-state index >= 15 is 0 Å². The first-order valence-electron chi connectivity index (χ1n) is 14.6. The van der Waals surface area contributed by atoms with Crippen molar-refractivity contribution in [2.75, 3.05) is 13.2 Å². The summed E-state index contributed by atoms with van der Waals surface area (Å²) in [6.45, 7) is 9.06. The van der Waals surface area contributed by atoms with Crippen LogP contribution in [0.2, 0.25) is 0 Å². The molecule has 0 radical (unpaired) electrons. The second-order valence-corrected chi connectivity index (χ2v) is 13.1. The third kappa shape index (κ3) is 12.6. The van der Waals surface area contributed by atoms with Crippen LogP contribution in [0.3, 0.4) is 0 Å². The SMILES string of the molecule is CC(C)CCOC(=O)NC1CC(CC2CC(NC(=O)OCCC(C)C)CC(C(N)(N)N)C2)CC(C(N)(N)N)C1. The van der Waals surface area contributed by atoms with E-state index in [9.17, 15) is 9.59 Å². The van der Waals surface area contributed by atoms with Crippen LogP contribution in [-0.4, -0.2) is 49.1 Å². The first kappa shape index (κ1) is 33.5. The Morgan fingerprint density at radius 3 is 1.33 bits per heavy atom. The predicted molar refractivity (Wildman–Crippen MR) is 152 cm³/mol. The molecule has 2 amide bonds. The highest BCUT2D eigenvalue weighted by Crippen LogP contribution is 2.41. The molecule has 2 rings (SSSR count). The van der Waals surface area contributed by atoms with Crippen LogP contribution in [0.15, 0.2) is 0 Å². The van der Waals surface area contributed by atoms with Crippen LogP contribution in [-0.2, 0) is 9.47 Å². The maximum absolute atomic E-state index is 12.4. The Morgan fingerprint density at radius 2 is 1.03 bits per heavy atom. The normalized spacial score (nSPS) is 28.3. The third-order valence-corrected chi connectivity index (χ3v) is 8.19. The lowest BCUT2D eigenvalue weighted by atomic mass is 9.68. The average molecular weight is 557 g/mol. The minimum Gasteiger partial charge on any atom is -0.450 e. The molecule has 12 nitrogen and oxygen atoms in total. The monoisotopic (exact) mass is 556 g/mol. The lowest BCUT2D eigenvalue weighted by Gasteiger charge is -2.44. The molecule has 0 heterocycles. The highest BCUT2D eigenvalue weighted by molar-refractivity contribution is 5.68. The molecule has 12 heteroatoms. The molecule has 2 saturated carbocycles. The lowest BCUT2D eigenvalue weighted by molar-refractivity contribution is 0.0821. The molecule has 0 saturated heterocycles. The molecule has 0 aromatic rings. The van der Waals surface area contributed by atoms with Gasteiger partial charge in [0.15, 0.2) is 0 Å². The highest BCUT2D eigenvalue weighted by Gasteiger charge is 2.41. The molecule has 0 aromatic carbocycles. The molecule has 2 aliphatic carbocycles. The predicted octanol–water partition coefficient (Wildman–Crippen LogP) is 1.55. The van der Waals surface area contributed by atoms with Gasteiger partial charge >= 0.3 is 12.2 Å². The van der Waals surface area contributed by atoms with Gasteiger partial charge in [0.05, 0.1) is 13.2 Å². The number of ether oxygens (including phenoxy) is 2. The molecule has 0 aromatic heterocycles. The summed E-state index contributed by atoms with van der Waals surface area (Å²) in [4.78, 5) is 24.9. The van der Waals surface area contributed by atoms with Crippen molar-refractivity contribution >= 4 is 12.2 Å². The van der Waals surface area contributed by atoms with E-state index in [0.29, 0.717) is 37.9 Å². The Kier molecular flexibility index (Phi) is 12.7. The minimum atomic E-state index is -1.36. The van der Waals surface area contributed by atoms with Crippen molar-refractivity contribution in [1.29, 1.82) is 0 Å². The number of rotatable bonds is 12. The topological polar surface area (TPSA) is 233 Å². The number of carbonyl (C=O) groups excluding carboxylic acids is 2. The van der Waals surface area contributed by atoms with Crippen LogP contribution in [0.5, 0.6) is 0 Å². The van der Waals surface area contributed by atoms with Crippen LogP contribution in [0.1, 0.15) is 85.5 Å². The van der Waals surface area contributed by atoms with E-state index in [2.05, 4.69) is 38.3 Å². The van der Waals surface area contributed by atoms with Gasteiger partial charge in [-0.15, -0.1) is 0 Å². The number of nitrogens with two attached hydrogens (primary N) is 6. The van der Waals surface area contributed by atoms with Crippen LogP contribution in [0.4, 0.5) is 9.59 Å². The van der Waals surface area contributed by atoms with Gasteiger partial charge in [0.25, 0.3) is 0 Å². The molecular formula is C27H56N8O4. The zero-order valence-electron chi connectivity index (χ0n) is 24.5. The van der Waals surface area contributed by atoms with Gasteiger partial charge in [-0.25, -0.2) is 9.59 Å². The molecular weight excluding hydrogens is 500 g/mol. The smallest absolute Gasteiger partial charge is 0.407 e. The van der Waals surface area contributed by atoms with Gasteiger partial charge in [0.1, 0.15) is 11.6 Å². The molecule has 6 atom stereocenters. The fourth-order valence-corrected chi connectivity index (χ4v) is 5.97. The Labute approximate surface area is 234 Å². The van der Waals surface area contributed by atoms with Crippen LogP contribution in [0.25, 0.3) is 0 Å². The summed E-state index contributed by atoms with van der Waals surface area (Å²) < 4.78 is 10.7. The lowest BCUT2D eigenvalue weighted by Crippen LogP contribution is -2.66. The van der Waals surface area contributed by atoms with Crippen molar-refractivity contribution in [3.8, 4) is 0 Å². The van der Waals surface area contributed by atoms with Crippen molar-refractivity contribution in [2.24, 2.45) is 69.9 Å². The van der Waals surface area contributed by atoms with Gasteiger partial charge < -0.3 is 54.5 Å². The Hall–Kier alpha value is -1.70. The molecule has 39 heavy (non-hydrogen) atoms. The molecule has 2 aliphatic rings. The van der Waals surface area contributed by atoms with Crippen molar-refractivity contribution in [1.82, 2.24) is 10.6 Å². The quantitative estimate of drug-likeness (QED) is 0.161.